The molecule has 0 atom stereocenters. The fourth-order valence-corrected chi connectivity index (χ4v) is 2.54. The Morgan fingerprint density at radius 2 is 1.80 bits per heavy atom. The van der Waals surface area contributed by atoms with Crippen molar-refractivity contribution in [3.05, 3.63) is 29.3 Å². The van der Waals surface area contributed by atoms with Crippen LogP contribution >= 0.6 is 0 Å². The summed E-state index contributed by atoms with van der Waals surface area (Å²) in [6, 6.07) is 4.22. The Bertz CT molecular complexity index is 661. The average Bonchev–Trinajstić information content (AvgIpc) is 2.26. The molecule has 0 unspecified atom stereocenters. The van der Waals surface area contributed by atoms with E-state index in [4.69, 9.17) is 5.11 Å². The molecule has 1 aromatic rings. The van der Waals surface area contributed by atoms with E-state index in [2.05, 4.69) is 5.32 Å². The van der Waals surface area contributed by atoms with Gasteiger partial charge in [-0.05, 0) is 38.5 Å². The molecule has 110 valence electrons. The number of rotatable bonds is 4. The van der Waals surface area contributed by atoms with Crippen molar-refractivity contribution in [2.45, 2.75) is 31.2 Å². The Labute approximate surface area is 117 Å². The normalized spacial score (nSPS) is 12.0. The topological polar surface area (TPSA) is 101 Å². The van der Waals surface area contributed by atoms with Crippen LogP contribution in [0.15, 0.2) is 23.1 Å². The first-order valence-electron chi connectivity index (χ1n) is 5.82. The van der Waals surface area contributed by atoms with Crippen molar-refractivity contribution in [2.24, 2.45) is 0 Å². The summed E-state index contributed by atoms with van der Waals surface area (Å²) in [7, 11) is -3.45. The van der Waals surface area contributed by atoms with Gasteiger partial charge in [-0.25, -0.2) is 13.2 Å². The maximum absolute atomic E-state index is 12.0. The van der Waals surface area contributed by atoms with Crippen molar-refractivity contribution in [1.29, 1.82) is 0 Å². The number of hydrogen-bond donors (Lipinski definition) is 2. The number of hydrogen-bond acceptors (Lipinski definition) is 4. The maximum Gasteiger partial charge on any atom is 0.328 e. The van der Waals surface area contributed by atoms with Crippen molar-refractivity contribution < 1.29 is 23.1 Å². The first-order chi connectivity index (χ1) is 8.95. The lowest BCUT2D eigenvalue weighted by Gasteiger charge is -2.21. The van der Waals surface area contributed by atoms with Gasteiger partial charge in [-0.1, -0.05) is 6.07 Å². The Morgan fingerprint density at radius 3 is 2.25 bits per heavy atom. The lowest BCUT2D eigenvalue weighted by molar-refractivity contribution is -0.143. The molecule has 0 saturated carbocycles. The number of carboxylic acid groups (broad SMARTS) is 1. The number of aliphatic carboxylic acids is 1. The summed E-state index contributed by atoms with van der Waals surface area (Å²) >= 11 is 0. The Balaban J connectivity index is 3.17. The summed E-state index contributed by atoms with van der Waals surface area (Å²) in [6.45, 7) is 4.32. The summed E-state index contributed by atoms with van der Waals surface area (Å²) in [5.74, 6) is -1.82. The van der Waals surface area contributed by atoms with E-state index in [1.807, 2.05) is 0 Å². The molecule has 6 nitrogen and oxygen atoms in total. The molecule has 7 heteroatoms. The van der Waals surface area contributed by atoms with Crippen LogP contribution in [0.5, 0.6) is 0 Å². The van der Waals surface area contributed by atoms with Crippen LogP contribution in [0.4, 0.5) is 0 Å². The van der Waals surface area contributed by atoms with E-state index in [1.165, 1.54) is 32.0 Å². The Morgan fingerprint density at radius 1 is 1.25 bits per heavy atom. The summed E-state index contributed by atoms with van der Waals surface area (Å²) in [5, 5.41) is 11.3. The molecule has 0 aliphatic heterocycles. The van der Waals surface area contributed by atoms with Gasteiger partial charge in [-0.3, -0.25) is 4.79 Å². The monoisotopic (exact) mass is 299 g/mol. The van der Waals surface area contributed by atoms with E-state index in [-0.39, 0.29) is 10.5 Å². The summed E-state index contributed by atoms with van der Waals surface area (Å²) in [6.07, 6.45) is 1.05. The second kappa shape index (κ2) is 5.24. The fraction of sp³-hybridized carbons (Fsp3) is 0.385. The molecule has 20 heavy (non-hydrogen) atoms. The largest absolute Gasteiger partial charge is 0.480 e. The van der Waals surface area contributed by atoms with Crippen LogP contribution < -0.4 is 5.32 Å². The van der Waals surface area contributed by atoms with Gasteiger partial charge in [0.2, 0.25) is 0 Å². The maximum atomic E-state index is 12.0. The molecule has 1 amide bonds. The lowest BCUT2D eigenvalue weighted by atomic mass is 10.0. The molecule has 0 bridgehead atoms. The van der Waals surface area contributed by atoms with Crippen LogP contribution in [-0.4, -0.2) is 37.2 Å². The van der Waals surface area contributed by atoms with Crippen molar-refractivity contribution in [1.82, 2.24) is 5.32 Å². The standard InChI is InChI=1S/C13H17NO5S/c1-8-5-6-9(7-10(8)20(4,18)19)11(15)14-13(2,3)12(16)17/h5-7H,1-4H3,(H,14,15)(H,16,17). The number of nitrogens with one attached hydrogen (secondary N) is 1. The molecule has 0 saturated heterocycles. The Hall–Kier alpha value is -1.89. The number of carbonyl (C=O) groups excluding carboxylic acids is 1. The molecule has 0 aliphatic rings. The van der Waals surface area contributed by atoms with Crippen LogP contribution in [-0.2, 0) is 14.6 Å². The van der Waals surface area contributed by atoms with Gasteiger partial charge in [0, 0.05) is 11.8 Å². The van der Waals surface area contributed by atoms with E-state index in [9.17, 15) is 18.0 Å². The second-order valence-electron chi connectivity index (χ2n) is 5.14. The Kier molecular flexibility index (Phi) is 4.24. The zero-order chi connectivity index (χ0) is 15.7. The van der Waals surface area contributed by atoms with Crippen molar-refractivity contribution in [2.75, 3.05) is 6.26 Å². The quantitative estimate of drug-likeness (QED) is 0.863. The smallest absolute Gasteiger partial charge is 0.328 e. The lowest BCUT2D eigenvalue weighted by Crippen LogP contribution is -2.49. The molecule has 0 aliphatic carbocycles. The van der Waals surface area contributed by atoms with Crippen LogP contribution in [0, 0.1) is 6.92 Å². The summed E-state index contributed by atoms with van der Waals surface area (Å²) in [4.78, 5) is 23.0. The number of carbonyl (C=O) groups is 2. The molecule has 1 rings (SSSR count). The van der Waals surface area contributed by atoms with Gasteiger partial charge in [0.05, 0.1) is 4.90 Å². The molecule has 0 aromatic heterocycles. The number of benzene rings is 1. The van der Waals surface area contributed by atoms with Crippen LogP contribution in [0.2, 0.25) is 0 Å². The number of aryl methyl sites for hydroxylation is 1. The van der Waals surface area contributed by atoms with Gasteiger partial charge >= 0.3 is 5.97 Å². The van der Waals surface area contributed by atoms with E-state index in [0.717, 1.165) is 6.26 Å². The predicted molar refractivity (Wildman–Crippen MR) is 73.5 cm³/mol. The van der Waals surface area contributed by atoms with Gasteiger partial charge in [-0.2, -0.15) is 0 Å². The van der Waals surface area contributed by atoms with Crippen LogP contribution in [0.1, 0.15) is 29.8 Å². The van der Waals surface area contributed by atoms with Gasteiger partial charge < -0.3 is 10.4 Å². The van der Waals surface area contributed by atoms with E-state index in [1.54, 1.807) is 6.92 Å². The first-order valence-corrected chi connectivity index (χ1v) is 7.71. The highest BCUT2D eigenvalue weighted by Crippen LogP contribution is 2.17. The van der Waals surface area contributed by atoms with Gasteiger partial charge in [0.1, 0.15) is 5.54 Å². The number of amides is 1. The van der Waals surface area contributed by atoms with E-state index in [0.29, 0.717) is 5.56 Å². The third kappa shape index (κ3) is 3.57. The molecule has 1 aromatic carbocycles. The van der Waals surface area contributed by atoms with Gasteiger partial charge in [0.25, 0.3) is 5.91 Å². The van der Waals surface area contributed by atoms with Crippen molar-refractivity contribution in [3.8, 4) is 0 Å². The van der Waals surface area contributed by atoms with Gasteiger partial charge in [-0.15, -0.1) is 0 Å². The van der Waals surface area contributed by atoms with Crippen LogP contribution in [0.25, 0.3) is 0 Å². The first kappa shape index (κ1) is 16.2. The number of carboxylic acids is 1. The highest BCUT2D eigenvalue weighted by molar-refractivity contribution is 7.90. The SMILES string of the molecule is Cc1ccc(C(=O)NC(C)(C)C(=O)O)cc1S(C)(=O)=O. The highest BCUT2D eigenvalue weighted by atomic mass is 32.2. The predicted octanol–water partition coefficient (Wildman–Crippen LogP) is 0.992. The molecule has 0 radical (unpaired) electrons. The second-order valence-corrected chi connectivity index (χ2v) is 7.12. The van der Waals surface area contributed by atoms with Crippen LogP contribution in [0.3, 0.4) is 0 Å². The van der Waals surface area contributed by atoms with Crippen molar-refractivity contribution >= 4 is 21.7 Å². The highest BCUT2D eigenvalue weighted by Gasteiger charge is 2.29. The zero-order valence-corrected chi connectivity index (χ0v) is 12.5. The van der Waals surface area contributed by atoms with E-state index >= 15 is 0 Å². The molecule has 0 heterocycles. The third-order valence-electron chi connectivity index (χ3n) is 2.81. The average molecular weight is 299 g/mol. The van der Waals surface area contributed by atoms with E-state index < -0.39 is 27.3 Å². The minimum atomic E-state index is -3.45. The molecular weight excluding hydrogens is 282 g/mol. The molecule has 0 spiro atoms. The zero-order valence-electron chi connectivity index (χ0n) is 11.7. The summed E-state index contributed by atoms with van der Waals surface area (Å²) in [5.41, 5.74) is -0.806. The molecule has 0 fully saturated rings. The molecule has 2 N–H and O–H groups in total. The molecular formula is C13H17NO5S. The number of sulfone groups is 1. The minimum absolute atomic E-state index is 0.0540. The summed E-state index contributed by atoms with van der Waals surface area (Å²) < 4.78 is 23.2. The fourth-order valence-electron chi connectivity index (χ4n) is 1.55. The minimum Gasteiger partial charge on any atom is -0.480 e. The van der Waals surface area contributed by atoms with Gasteiger partial charge in [0.15, 0.2) is 9.84 Å². The van der Waals surface area contributed by atoms with Crippen molar-refractivity contribution in [3.63, 3.8) is 0 Å². The third-order valence-corrected chi connectivity index (χ3v) is 4.05.